The molecule has 1 N–H and O–H groups in total. The molecule has 0 aromatic carbocycles. The maximum atomic E-state index is 12.5. The Hall–Kier alpha value is -2.12. The molecule has 1 aliphatic carbocycles. The third-order valence-electron chi connectivity index (χ3n) is 5.57. The van der Waals surface area contributed by atoms with E-state index < -0.39 is 0 Å². The maximum Gasteiger partial charge on any atom is 0.254 e. The van der Waals surface area contributed by atoms with Crippen LogP contribution >= 0.6 is 0 Å². The lowest BCUT2D eigenvalue weighted by atomic mass is 10.1. The molecule has 0 spiro atoms. The molecule has 2 fully saturated rings. The van der Waals surface area contributed by atoms with E-state index in [0.29, 0.717) is 12.1 Å². The number of furan rings is 1. The van der Waals surface area contributed by atoms with Gasteiger partial charge in [0.2, 0.25) is 0 Å². The summed E-state index contributed by atoms with van der Waals surface area (Å²) in [5.41, 5.74) is 2.95. The van der Waals surface area contributed by atoms with Crippen molar-refractivity contribution in [3.63, 3.8) is 0 Å². The second-order valence-electron chi connectivity index (χ2n) is 7.96. The number of hydrogen-bond acceptors (Lipinski definition) is 5. The molecule has 1 saturated carbocycles. The Labute approximate surface area is 159 Å². The van der Waals surface area contributed by atoms with Crippen LogP contribution in [-0.4, -0.2) is 53.4 Å². The fourth-order valence-electron chi connectivity index (χ4n) is 3.65. The van der Waals surface area contributed by atoms with Gasteiger partial charge in [0.05, 0.1) is 31.0 Å². The van der Waals surface area contributed by atoms with E-state index in [4.69, 9.17) is 9.15 Å². The van der Waals surface area contributed by atoms with E-state index in [0.717, 1.165) is 63.7 Å². The van der Waals surface area contributed by atoms with Crippen molar-refractivity contribution in [2.24, 2.45) is 5.41 Å². The van der Waals surface area contributed by atoms with E-state index in [-0.39, 0.29) is 11.3 Å². The van der Waals surface area contributed by atoms with Crippen LogP contribution in [0.25, 0.3) is 0 Å². The molecule has 2 aromatic rings. The number of aromatic nitrogens is 2. The highest BCUT2D eigenvalue weighted by Crippen LogP contribution is 2.46. The standard InChI is InChI=1S/C20H28N4O3/c1-15-9-16(2)24(22-15)14-20(3-4-20)13-21-19(25)17-10-18(27-12-17)11-23-5-7-26-8-6-23/h9-10,12H,3-8,11,13-14H2,1-2H3,(H,21,25). The van der Waals surface area contributed by atoms with Gasteiger partial charge < -0.3 is 14.5 Å². The predicted molar refractivity (Wildman–Crippen MR) is 101 cm³/mol. The second kappa shape index (κ2) is 7.48. The molecular formula is C20H28N4O3. The van der Waals surface area contributed by atoms with Crippen molar-refractivity contribution in [2.75, 3.05) is 32.8 Å². The van der Waals surface area contributed by atoms with Gasteiger partial charge in [0.25, 0.3) is 5.91 Å². The summed E-state index contributed by atoms with van der Waals surface area (Å²) in [7, 11) is 0. The lowest BCUT2D eigenvalue weighted by molar-refractivity contribution is 0.0313. The van der Waals surface area contributed by atoms with Crippen LogP contribution in [0.1, 0.15) is 40.3 Å². The number of nitrogens with one attached hydrogen (secondary N) is 1. The zero-order chi connectivity index (χ0) is 18.9. The first-order valence-corrected chi connectivity index (χ1v) is 9.70. The van der Waals surface area contributed by atoms with Gasteiger partial charge in [-0.1, -0.05) is 0 Å². The Bertz CT molecular complexity index is 800. The van der Waals surface area contributed by atoms with Crippen molar-refractivity contribution in [2.45, 2.75) is 39.8 Å². The van der Waals surface area contributed by atoms with Gasteiger partial charge in [0.15, 0.2) is 0 Å². The molecule has 3 heterocycles. The summed E-state index contributed by atoms with van der Waals surface area (Å²) in [4.78, 5) is 14.8. The molecule has 1 saturated heterocycles. The minimum absolute atomic E-state index is 0.0633. The number of ether oxygens (including phenoxy) is 1. The molecule has 7 nitrogen and oxygen atoms in total. The normalized spacial score (nSPS) is 19.2. The summed E-state index contributed by atoms with van der Waals surface area (Å²) in [6.07, 6.45) is 3.81. The molecule has 0 atom stereocenters. The molecule has 27 heavy (non-hydrogen) atoms. The molecule has 2 aromatic heterocycles. The Morgan fingerprint density at radius 3 is 2.70 bits per heavy atom. The van der Waals surface area contributed by atoms with E-state index in [1.165, 1.54) is 5.69 Å². The van der Waals surface area contributed by atoms with Crippen molar-refractivity contribution >= 4 is 5.91 Å². The summed E-state index contributed by atoms with van der Waals surface area (Å²) in [6, 6.07) is 3.95. The van der Waals surface area contributed by atoms with E-state index in [9.17, 15) is 4.79 Å². The fourth-order valence-corrected chi connectivity index (χ4v) is 3.65. The lowest BCUT2D eigenvalue weighted by Gasteiger charge is -2.25. The van der Waals surface area contributed by atoms with Gasteiger partial charge >= 0.3 is 0 Å². The number of rotatable bonds is 7. The molecule has 7 heteroatoms. The van der Waals surface area contributed by atoms with Crippen LogP contribution in [0.15, 0.2) is 22.8 Å². The smallest absolute Gasteiger partial charge is 0.254 e. The van der Waals surface area contributed by atoms with Gasteiger partial charge in [-0.15, -0.1) is 0 Å². The minimum Gasteiger partial charge on any atom is -0.467 e. The van der Waals surface area contributed by atoms with E-state index in [1.54, 1.807) is 6.26 Å². The Morgan fingerprint density at radius 2 is 2.04 bits per heavy atom. The highest BCUT2D eigenvalue weighted by Gasteiger charge is 2.43. The molecule has 0 unspecified atom stereocenters. The molecule has 2 aliphatic rings. The summed E-state index contributed by atoms with van der Waals surface area (Å²) in [5, 5.41) is 7.65. The number of amides is 1. The Balaban J connectivity index is 1.29. The monoisotopic (exact) mass is 372 g/mol. The van der Waals surface area contributed by atoms with Crippen LogP contribution in [0.2, 0.25) is 0 Å². The number of carbonyl (C=O) groups is 1. The number of carbonyl (C=O) groups excluding carboxylic acids is 1. The van der Waals surface area contributed by atoms with Crippen LogP contribution < -0.4 is 5.32 Å². The summed E-state index contributed by atoms with van der Waals surface area (Å²) in [5.74, 6) is 0.762. The molecule has 0 bridgehead atoms. The van der Waals surface area contributed by atoms with Crippen molar-refractivity contribution in [3.05, 3.63) is 41.1 Å². The van der Waals surface area contributed by atoms with Gasteiger partial charge in [0.1, 0.15) is 12.0 Å². The first kappa shape index (κ1) is 18.3. The first-order valence-electron chi connectivity index (χ1n) is 9.70. The zero-order valence-electron chi connectivity index (χ0n) is 16.2. The third-order valence-corrected chi connectivity index (χ3v) is 5.57. The molecule has 1 aliphatic heterocycles. The highest BCUT2D eigenvalue weighted by atomic mass is 16.5. The number of aryl methyl sites for hydroxylation is 2. The summed E-state index contributed by atoms with van der Waals surface area (Å²) < 4.78 is 13.0. The summed E-state index contributed by atoms with van der Waals surface area (Å²) >= 11 is 0. The van der Waals surface area contributed by atoms with Crippen LogP contribution in [0, 0.1) is 19.3 Å². The molecule has 146 valence electrons. The fraction of sp³-hybridized carbons (Fsp3) is 0.600. The second-order valence-corrected chi connectivity index (χ2v) is 7.96. The molecule has 4 rings (SSSR count). The van der Waals surface area contributed by atoms with Crippen LogP contribution in [-0.2, 0) is 17.8 Å². The summed E-state index contributed by atoms with van der Waals surface area (Å²) in [6.45, 7) is 9.66. The van der Waals surface area contributed by atoms with Gasteiger partial charge in [0, 0.05) is 37.3 Å². The number of morpholine rings is 1. The Kier molecular flexibility index (Phi) is 5.06. The quantitative estimate of drug-likeness (QED) is 0.806. The van der Waals surface area contributed by atoms with Gasteiger partial charge in [-0.05, 0) is 38.8 Å². The van der Waals surface area contributed by atoms with Crippen molar-refractivity contribution < 1.29 is 13.9 Å². The maximum absolute atomic E-state index is 12.5. The highest BCUT2D eigenvalue weighted by molar-refractivity contribution is 5.94. The van der Waals surface area contributed by atoms with Crippen LogP contribution in [0.3, 0.4) is 0 Å². The number of nitrogens with zero attached hydrogens (tertiary/aromatic N) is 3. The molecule has 1 amide bonds. The zero-order valence-corrected chi connectivity index (χ0v) is 16.2. The first-order chi connectivity index (χ1) is 13.0. The van der Waals surface area contributed by atoms with Gasteiger partial charge in [-0.25, -0.2) is 0 Å². The van der Waals surface area contributed by atoms with E-state index in [2.05, 4.69) is 33.0 Å². The van der Waals surface area contributed by atoms with Crippen molar-refractivity contribution in [1.82, 2.24) is 20.0 Å². The Morgan fingerprint density at radius 1 is 1.26 bits per heavy atom. The topological polar surface area (TPSA) is 72.5 Å². The average Bonchev–Trinajstić information content (AvgIpc) is 3.13. The SMILES string of the molecule is Cc1cc(C)n(CC2(CNC(=O)c3coc(CN4CCOCC4)c3)CC2)n1. The van der Waals surface area contributed by atoms with E-state index >= 15 is 0 Å². The van der Waals surface area contributed by atoms with E-state index in [1.807, 2.05) is 13.0 Å². The third kappa shape index (κ3) is 4.42. The van der Waals surface area contributed by atoms with Crippen LogP contribution in [0.4, 0.5) is 0 Å². The van der Waals surface area contributed by atoms with Gasteiger partial charge in [-0.3, -0.25) is 14.4 Å². The average molecular weight is 372 g/mol. The van der Waals surface area contributed by atoms with Gasteiger partial charge in [-0.2, -0.15) is 5.10 Å². The van der Waals surface area contributed by atoms with Crippen molar-refractivity contribution in [3.8, 4) is 0 Å². The van der Waals surface area contributed by atoms with Crippen LogP contribution in [0.5, 0.6) is 0 Å². The van der Waals surface area contributed by atoms with Crippen molar-refractivity contribution in [1.29, 1.82) is 0 Å². The largest absolute Gasteiger partial charge is 0.467 e. The molecule has 0 radical (unpaired) electrons. The minimum atomic E-state index is -0.0633. The number of hydrogen-bond donors (Lipinski definition) is 1. The lowest BCUT2D eigenvalue weighted by Crippen LogP contribution is -2.35. The molecular weight excluding hydrogens is 344 g/mol. The predicted octanol–water partition coefficient (Wildman–Crippen LogP) is 2.14.